The summed E-state index contributed by atoms with van der Waals surface area (Å²) in [4.78, 5) is 0. The maximum atomic E-state index is 4.36. The summed E-state index contributed by atoms with van der Waals surface area (Å²) in [6, 6.07) is 0. The minimum absolute atomic E-state index is 0.784. The van der Waals surface area contributed by atoms with Crippen LogP contribution in [0.15, 0.2) is 0 Å². The normalized spacial score (nSPS) is 14.5. The Labute approximate surface area is 149 Å². The van der Waals surface area contributed by atoms with Crippen molar-refractivity contribution in [2.24, 2.45) is 0 Å². The molecule has 0 fully saturated rings. The van der Waals surface area contributed by atoms with Gasteiger partial charge in [-0.05, 0) is 48.0 Å². The molecule has 2 atom stereocenters. The SMILES string of the molecule is CC(CCSCCC(CCS)SCCS)SCCS. The molecule has 0 N–H and O–H groups in total. The van der Waals surface area contributed by atoms with Crippen molar-refractivity contribution in [3.8, 4) is 0 Å². The average molecular weight is 377 g/mol. The Morgan fingerprint density at radius 2 is 1.37 bits per heavy atom. The lowest BCUT2D eigenvalue weighted by molar-refractivity contribution is 0.807. The molecule has 2 unspecified atom stereocenters. The molecule has 0 aromatic heterocycles. The Hall–Kier alpha value is 2.10. The maximum absolute atomic E-state index is 4.36. The van der Waals surface area contributed by atoms with Gasteiger partial charge in [-0.25, -0.2) is 0 Å². The van der Waals surface area contributed by atoms with E-state index in [1.54, 1.807) is 0 Å². The molecule has 0 aliphatic carbocycles. The van der Waals surface area contributed by atoms with Gasteiger partial charge in [0.15, 0.2) is 0 Å². The summed E-state index contributed by atoms with van der Waals surface area (Å²) in [5, 5.41) is 1.57. The maximum Gasteiger partial charge on any atom is 0.00629 e. The summed E-state index contributed by atoms with van der Waals surface area (Å²) in [6.45, 7) is 2.33. The number of hydrogen-bond acceptors (Lipinski definition) is 6. The fraction of sp³-hybridized carbons (Fsp3) is 1.00. The summed E-state index contributed by atoms with van der Waals surface area (Å²) in [5.74, 6) is 7.93. The van der Waals surface area contributed by atoms with Crippen LogP contribution >= 0.6 is 73.2 Å². The Kier molecular flexibility index (Phi) is 18.3. The second kappa shape index (κ2) is 16.5. The first-order valence-electron chi connectivity index (χ1n) is 6.88. The first kappa shape index (κ1) is 21.1. The topological polar surface area (TPSA) is 0 Å². The average Bonchev–Trinajstić information content (AvgIpc) is 2.41. The summed E-state index contributed by atoms with van der Waals surface area (Å²) in [7, 11) is 0. The predicted octanol–water partition coefficient (Wildman–Crippen LogP) is 4.90. The van der Waals surface area contributed by atoms with Crippen LogP contribution in [-0.2, 0) is 0 Å². The van der Waals surface area contributed by atoms with Crippen molar-refractivity contribution in [3.05, 3.63) is 0 Å². The third-order valence-corrected chi connectivity index (χ3v) is 7.63. The summed E-state index contributed by atoms with van der Waals surface area (Å²) in [6.07, 6.45) is 3.88. The molecule has 0 aliphatic rings. The van der Waals surface area contributed by atoms with Crippen molar-refractivity contribution >= 4 is 73.2 Å². The van der Waals surface area contributed by atoms with Crippen molar-refractivity contribution in [1.82, 2.24) is 0 Å². The van der Waals surface area contributed by atoms with Gasteiger partial charge < -0.3 is 0 Å². The van der Waals surface area contributed by atoms with E-state index in [2.05, 4.69) is 68.3 Å². The van der Waals surface area contributed by atoms with E-state index in [0.717, 1.165) is 27.8 Å². The Morgan fingerprint density at radius 1 is 0.737 bits per heavy atom. The quantitative estimate of drug-likeness (QED) is 0.291. The molecule has 0 aromatic carbocycles. The van der Waals surface area contributed by atoms with E-state index in [4.69, 9.17) is 0 Å². The van der Waals surface area contributed by atoms with Crippen LogP contribution in [0.5, 0.6) is 0 Å². The summed E-state index contributed by atoms with van der Waals surface area (Å²) in [5.41, 5.74) is 0. The molecule has 0 spiro atoms. The van der Waals surface area contributed by atoms with E-state index in [1.807, 2.05) is 11.8 Å². The molecule has 0 bridgehead atoms. The second-order valence-electron chi connectivity index (χ2n) is 4.32. The van der Waals surface area contributed by atoms with Gasteiger partial charge in [-0.15, -0.1) is 0 Å². The van der Waals surface area contributed by atoms with Gasteiger partial charge in [0.25, 0.3) is 0 Å². The molecule has 0 saturated carbocycles. The van der Waals surface area contributed by atoms with E-state index in [0.29, 0.717) is 0 Å². The molecule has 116 valence electrons. The van der Waals surface area contributed by atoms with Crippen molar-refractivity contribution < 1.29 is 0 Å². The van der Waals surface area contributed by atoms with Gasteiger partial charge in [0.1, 0.15) is 0 Å². The highest BCUT2D eigenvalue weighted by Gasteiger charge is 2.08. The van der Waals surface area contributed by atoms with Gasteiger partial charge in [-0.1, -0.05) is 6.92 Å². The monoisotopic (exact) mass is 376 g/mol. The van der Waals surface area contributed by atoms with Crippen LogP contribution < -0.4 is 0 Å². The van der Waals surface area contributed by atoms with Crippen molar-refractivity contribution in [1.29, 1.82) is 0 Å². The summed E-state index contributed by atoms with van der Waals surface area (Å²) >= 11 is 19.1. The van der Waals surface area contributed by atoms with Crippen LogP contribution in [0.3, 0.4) is 0 Å². The van der Waals surface area contributed by atoms with E-state index in [9.17, 15) is 0 Å². The molecular weight excluding hydrogens is 349 g/mol. The lowest BCUT2D eigenvalue weighted by atomic mass is 10.3. The van der Waals surface area contributed by atoms with Crippen LogP contribution in [0.2, 0.25) is 0 Å². The van der Waals surface area contributed by atoms with E-state index in [-0.39, 0.29) is 0 Å². The first-order valence-corrected chi connectivity index (χ1v) is 12.0. The highest BCUT2D eigenvalue weighted by Crippen LogP contribution is 2.23. The number of thiol groups is 3. The lowest BCUT2D eigenvalue weighted by Crippen LogP contribution is -2.07. The Morgan fingerprint density at radius 3 is 2.00 bits per heavy atom. The van der Waals surface area contributed by atoms with Gasteiger partial charge >= 0.3 is 0 Å². The molecular formula is C13H28S6. The van der Waals surface area contributed by atoms with Gasteiger partial charge in [-0.2, -0.15) is 73.2 Å². The number of rotatable bonds is 14. The molecule has 0 aromatic rings. The summed E-state index contributed by atoms with van der Waals surface area (Å²) < 4.78 is 0. The fourth-order valence-electron chi connectivity index (χ4n) is 1.58. The molecule has 0 nitrogen and oxygen atoms in total. The molecule has 6 heteroatoms. The molecule has 0 saturated heterocycles. The zero-order valence-electron chi connectivity index (χ0n) is 11.8. The van der Waals surface area contributed by atoms with E-state index in [1.165, 1.54) is 42.3 Å². The van der Waals surface area contributed by atoms with Crippen LogP contribution in [0, 0.1) is 0 Å². The molecule has 0 aliphatic heterocycles. The molecule has 0 radical (unpaired) electrons. The number of hydrogen-bond donors (Lipinski definition) is 3. The van der Waals surface area contributed by atoms with Crippen LogP contribution in [0.4, 0.5) is 0 Å². The van der Waals surface area contributed by atoms with Crippen LogP contribution in [0.25, 0.3) is 0 Å². The van der Waals surface area contributed by atoms with Crippen LogP contribution in [0.1, 0.15) is 26.2 Å². The van der Waals surface area contributed by atoms with Crippen LogP contribution in [-0.4, -0.2) is 50.8 Å². The Bertz CT molecular complexity index is 179. The van der Waals surface area contributed by atoms with Gasteiger partial charge in [-0.3, -0.25) is 0 Å². The third kappa shape index (κ3) is 14.8. The molecule has 19 heavy (non-hydrogen) atoms. The highest BCUT2D eigenvalue weighted by molar-refractivity contribution is 8.01. The smallest absolute Gasteiger partial charge is 0.00629 e. The second-order valence-corrected chi connectivity index (χ2v) is 9.84. The van der Waals surface area contributed by atoms with Gasteiger partial charge in [0.05, 0.1) is 0 Å². The van der Waals surface area contributed by atoms with Crippen molar-refractivity contribution in [3.63, 3.8) is 0 Å². The van der Waals surface area contributed by atoms with Gasteiger partial charge in [0.2, 0.25) is 0 Å². The number of thioether (sulfide) groups is 3. The van der Waals surface area contributed by atoms with Crippen molar-refractivity contribution in [2.75, 3.05) is 40.3 Å². The molecule has 0 heterocycles. The first-order chi connectivity index (χ1) is 9.24. The highest BCUT2D eigenvalue weighted by atomic mass is 32.2. The Balaban J connectivity index is 3.47. The standard InChI is InChI=1S/C13H28S6/c1-12(18-10-6-15)3-8-17-9-4-13(2-5-14)19-11-7-16/h12-16H,2-11H2,1H3. The fourth-order valence-corrected chi connectivity index (χ4v) is 5.97. The lowest BCUT2D eigenvalue weighted by Gasteiger charge is -2.15. The predicted molar refractivity (Wildman–Crippen MR) is 111 cm³/mol. The van der Waals surface area contributed by atoms with E-state index < -0.39 is 0 Å². The minimum atomic E-state index is 0.784. The largest absolute Gasteiger partial charge is 0.179 e. The third-order valence-electron chi connectivity index (χ3n) is 2.64. The van der Waals surface area contributed by atoms with Crippen molar-refractivity contribution in [2.45, 2.75) is 36.7 Å². The zero-order chi connectivity index (χ0) is 14.3. The minimum Gasteiger partial charge on any atom is -0.179 e. The van der Waals surface area contributed by atoms with E-state index >= 15 is 0 Å². The van der Waals surface area contributed by atoms with Gasteiger partial charge in [0, 0.05) is 22.0 Å². The molecule has 0 amide bonds. The molecule has 0 rings (SSSR count). The zero-order valence-corrected chi connectivity index (χ0v) is 16.9.